The maximum atomic E-state index is 11.6. The fourth-order valence-corrected chi connectivity index (χ4v) is 3.10. The molecule has 0 aromatic rings. The SMILES string of the molecule is CC(C)C1(S(C)(=O)=O)[CH]C=CC=C1. The molecule has 1 atom stereocenters. The molecule has 0 saturated heterocycles. The lowest BCUT2D eigenvalue weighted by molar-refractivity contribution is 0.507. The molecular formula is C10H15O2S. The predicted octanol–water partition coefficient (Wildman–Crippen LogP) is 1.76. The van der Waals surface area contributed by atoms with Gasteiger partial charge in [0.1, 0.15) is 0 Å². The van der Waals surface area contributed by atoms with Crippen LogP contribution in [0.5, 0.6) is 0 Å². The van der Waals surface area contributed by atoms with E-state index in [1.165, 1.54) is 6.26 Å². The molecule has 3 heteroatoms. The van der Waals surface area contributed by atoms with Gasteiger partial charge in [-0.2, -0.15) is 0 Å². The van der Waals surface area contributed by atoms with Crippen LogP contribution in [0.3, 0.4) is 0 Å². The molecule has 1 radical (unpaired) electrons. The molecule has 1 aliphatic carbocycles. The van der Waals surface area contributed by atoms with Crippen LogP contribution in [-0.2, 0) is 9.84 Å². The molecule has 1 unspecified atom stereocenters. The summed E-state index contributed by atoms with van der Waals surface area (Å²) < 4.78 is 22.5. The van der Waals surface area contributed by atoms with E-state index < -0.39 is 14.6 Å². The second-order valence-electron chi connectivity index (χ2n) is 3.69. The molecule has 0 heterocycles. The molecule has 0 aromatic carbocycles. The Kier molecular flexibility index (Phi) is 2.66. The molecule has 0 aliphatic heterocycles. The standard InChI is InChI=1S/C10H15O2S/c1-9(2)10(13(3,11)12)7-5-4-6-8-10/h4-9H,1-3H3. The van der Waals surface area contributed by atoms with Gasteiger partial charge in [0.25, 0.3) is 0 Å². The minimum absolute atomic E-state index is 0.0590. The first-order chi connectivity index (χ1) is 5.90. The van der Waals surface area contributed by atoms with Crippen molar-refractivity contribution >= 4 is 9.84 Å². The summed E-state index contributed by atoms with van der Waals surface area (Å²) in [5.74, 6) is 0.0590. The minimum Gasteiger partial charge on any atom is -0.228 e. The zero-order valence-corrected chi connectivity index (χ0v) is 9.01. The largest absolute Gasteiger partial charge is 0.228 e. The van der Waals surface area contributed by atoms with Crippen molar-refractivity contribution in [2.24, 2.45) is 5.92 Å². The summed E-state index contributed by atoms with van der Waals surface area (Å²) in [5.41, 5.74) is 0. The first kappa shape index (κ1) is 10.5. The van der Waals surface area contributed by atoms with Crippen LogP contribution >= 0.6 is 0 Å². The van der Waals surface area contributed by atoms with Crippen molar-refractivity contribution < 1.29 is 8.42 Å². The van der Waals surface area contributed by atoms with Gasteiger partial charge in [-0.3, -0.25) is 0 Å². The highest BCUT2D eigenvalue weighted by atomic mass is 32.2. The van der Waals surface area contributed by atoms with Gasteiger partial charge in [0.2, 0.25) is 0 Å². The van der Waals surface area contributed by atoms with Crippen LogP contribution < -0.4 is 0 Å². The summed E-state index contributed by atoms with van der Waals surface area (Å²) in [7, 11) is -3.08. The summed E-state index contributed by atoms with van der Waals surface area (Å²) >= 11 is 0. The molecular weight excluding hydrogens is 184 g/mol. The molecule has 0 spiro atoms. The van der Waals surface area contributed by atoms with Gasteiger partial charge in [0, 0.05) is 12.7 Å². The van der Waals surface area contributed by atoms with Gasteiger partial charge in [-0.1, -0.05) is 38.2 Å². The Morgan fingerprint density at radius 3 is 2.00 bits per heavy atom. The van der Waals surface area contributed by atoms with E-state index in [4.69, 9.17) is 0 Å². The summed E-state index contributed by atoms with van der Waals surface area (Å²) in [5, 5.41) is 0. The maximum absolute atomic E-state index is 11.6. The quantitative estimate of drug-likeness (QED) is 0.679. The van der Waals surface area contributed by atoms with E-state index in [1.807, 2.05) is 19.9 Å². The zero-order valence-electron chi connectivity index (χ0n) is 8.19. The molecule has 0 aromatic heterocycles. The first-order valence-electron chi connectivity index (χ1n) is 4.30. The summed E-state index contributed by atoms with van der Waals surface area (Å²) in [6.45, 7) is 3.84. The summed E-state index contributed by atoms with van der Waals surface area (Å²) in [6, 6.07) is 0. The number of hydrogen-bond acceptors (Lipinski definition) is 2. The number of sulfone groups is 1. The molecule has 13 heavy (non-hydrogen) atoms. The van der Waals surface area contributed by atoms with E-state index in [2.05, 4.69) is 0 Å². The van der Waals surface area contributed by atoms with Gasteiger partial charge in [0.05, 0.1) is 4.75 Å². The maximum Gasteiger partial charge on any atom is 0.157 e. The fraction of sp³-hybridized carbons (Fsp3) is 0.500. The van der Waals surface area contributed by atoms with E-state index in [0.717, 1.165) is 0 Å². The van der Waals surface area contributed by atoms with Gasteiger partial charge >= 0.3 is 0 Å². The average molecular weight is 199 g/mol. The van der Waals surface area contributed by atoms with E-state index in [-0.39, 0.29) is 5.92 Å². The number of allylic oxidation sites excluding steroid dienone is 3. The van der Waals surface area contributed by atoms with Gasteiger partial charge < -0.3 is 0 Å². The first-order valence-corrected chi connectivity index (χ1v) is 6.19. The smallest absolute Gasteiger partial charge is 0.157 e. The summed E-state index contributed by atoms with van der Waals surface area (Å²) in [4.78, 5) is 0. The van der Waals surface area contributed by atoms with Crippen LogP contribution in [0.1, 0.15) is 13.8 Å². The molecule has 1 rings (SSSR count). The average Bonchev–Trinajstić information content (AvgIpc) is 2.03. The molecule has 1 aliphatic rings. The van der Waals surface area contributed by atoms with Crippen LogP contribution in [-0.4, -0.2) is 19.4 Å². The van der Waals surface area contributed by atoms with E-state index >= 15 is 0 Å². The normalized spacial score (nSPS) is 28.3. The van der Waals surface area contributed by atoms with Crippen molar-refractivity contribution in [3.05, 3.63) is 30.7 Å². The Balaban J connectivity index is 3.19. The lowest BCUT2D eigenvalue weighted by Gasteiger charge is -2.32. The molecule has 2 nitrogen and oxygen atoms in total. The van der Waals surface area contributed by atoms with Crippen molar-refractivity contribution in [3.8, 4) is 0 Å². The Bertz CT molecular complexity index is 336. The third kappa shape index (κ3) is 1.70. The Labute approximate surface area is 80.3 Å². The zero-order chi connectivity index (χ0) is 10.1. The fourth-order valence-electron chi connectivity index (χ4n) is 1.59. The Morgan fingerprint density at radius 2 is 1.77 bits per heavy atom. The van der Waals surface area contributed by atoms with Gasteiger partial charge in [-0.05, 0) is 5.92 Å². The van der Waals surface area contributed by atoms with Crippen LogP contribution in [0.15, 0.2) is 24.3 Å². The van der Waals surface area contributed by atoms with Gasteiger partial charge in [0.15, 0.2) is 9.84 Å². The lowest BCUT2D eigenvalue weighted by atomic mass is 9.88. The van der Waals surface area contributed by atoms with E-state index in [9.17, 15) is 8.42 Å². The minimum atomic E-state index is -3.08. The van der Waals surface area contributed by atoms with Crippen molar-refractivity contribution in [2.75, 3.05) is 6.26 Å². The highest BCUT2D eigenvalue weighted by Gasteiger charge is 2.41. The highest BCUT2D eigenvalue weighted by molar-refractivity contribution is 7.92. The van der Waals surface area contributed by atoms with Crippen molar-refractivity contribution in [1.82, 2.24) is 0 Å². The highest BCUT2D eigenvalue weighted by Crippen LogP contribution is 2.33. The Hall–Kier alpha value is -0.570. The van der Waals surface area contributed by atoms with Crippen molar-refractivity contribution in [2.45, 2.75) is 18.6 Å². The molecule has 0 N–H and O–H groups in total. The topological polar surface area (TPSA) is 34.1 Å². The van der Waals surface area contributed by atoms with Crippen molar-refractivity contribution in [3.63, 3.8) is 0 Å². The third-order valence-corrected chi connectivity index (χ3v) is 4.51. The van der Waals surface area contributed by atoms with Crippen LogP contribution in [0.4, 0.5) is 0 Å². The van der Waals surface area contributed by atoms with Gasteiger partial charge in [-0.15, -0.1) is 0 Å². The monoisotopic (exact) mass is 199 g/mol. The van der Waals surface area contributed by atoms with Gasteiger partial charge in [-0.25, -0.2) is 8.42 Å². The van der Waals surface area contributed by atoms with Crippen LogP contribution in [0.2, 0.25) is 0 Å². The van der Waals surface area contributed by atoms with E-state index in [1.54, 1.807) is 24.6 Å². The number of rotatable bonds is 2. The van der Waals surface area contributed by atoms with E-state index in [0.29, 0.717) is 0 Å². The summed E-state index contributed by atoms with van der Waals surface area (Å²) in [6.07, 6.45) is 10.2. The molecule has 0 bridgehead atoms. The molecule has 0 amide bonds. The van der Waals surface area contributed by atoms with Crippen LogP contribution in [0, 0.1) is 12.3 Å². The second-order valence-corrected chi connectivity index (χ2v) is 5.94. The number of hydrogen-bond donors (Lipinski definition) is 0. The molecule has 0 fully saturated rings. The van der Waals surface area contributed by atoms with Crippen LogP contribution in [0.25, 0.3) is 0 Å². The Morgan fingerprint density at radius 1 is 1.15 bits per heavy atom. The molecule has 73 valence electrons. The van der Waals surface area contributed by atoms with Crippen molar-refractivity contribution in [1.29, 1.82) is 0 Å². The predicted molar refractivity (Wildman–Crippen MR) is 55.0 cm³/mol. The second kappa shape index (κ2) is 3.29. The third-order valence-electron chi connectivity index (χ3n) is 2.48. The molecule has 0 saturated carbocycles. The lowest BCUT2D eigenvalue weighted by Crippen LogP contribution is -2.42.